The van der Waals surface area contributed by atoms with E-state index in [4.69, 9.17) is 0 Å². The maximum absolute atomic E-state index is 14.0. The van der Waals surface area contributed by atoms with Crippen LogP contribution in [0.3, 0.4) is 0 Å². The van der Waals surface area contributed by atoms with Gasteiger partial charge in [-0.1, -0.05) is 24.3 Å². The fourth-order valence-electron chi connectivity index (χ4n) is 3.71. The Hall–Kier alpha value is -3.13. The first-order valence-electron chi connectivity index (χ1n) is 10.4. The Kier molecular flexibility index (Phi) is 6.60. The van der Waals surface area contributed by atoms with Crippen LogP contribution in [0.15, 0.2) is 48.7 Å². The summed E-state index contributed by atoms with van der Waals surface area (Å²) >= 11 is 1.16. The van der Waals surface area contributed by atoms with Crippen LogP contribution in [0.2, 0.25) is 0 Å². The highest BCUT2D eigenvalue weighted by molar-refractivity contribution is 7.16. The van der Waals surface area contributed by atoms with Crippen LogP contribution in [0, 0.1) is 24.5 Å². The summed E-state index contributed by atoms with van der Waals surface area (Å²) in [6, 6.07) is 11.3. The van der Waals surface area contributed by atoms with Gasteiger partial charge in [0.05, 0.1) is 6.20 Å². The summed E-state index contributed by atoms with van der Waals surface area (Å²) in [6.45, 7) is 2.89. The molecule has 8 heteroatoms. The lowest BCUT2D eigenvalue weighted by atomic mass is 9.95. The van der Waals surface area contributed by atoms with Crippen molar-refractivity contribution in [2.24, 2.45) is 5.92 Å². The third-order valence-electron chi connectivity index (χ3n) is 5.68. The van der Waals surface area contributed by atoms with Gasteiger partial charge in [-0.25, -0.2) is 13.8 Å². The van der Waals surface area contributed by atoms with Crippen molar-refractivity contribution in [2.75, 3.05) is 13.1 Å². The Balaban J connectivity index is 1.30. The molecule has 4 rings (SSSR count). The van der Waals surface area contributed by atoms with Gasteiger partial charge >= 0.3 is 0 Å². The highest BCUT2D eigenvalue weighted by atomic mass is 32.1. The lowest BCUT2D eigenvalue weighted by Gasteiger charge is -2.31. The van der Waals surface area contributed by atoms with E-state index < -0.39 is 0 Å². The van der Waals surface area contributed by atoms with Gasteiger partial charge in [-0.05, 0) is 49.1 Å². The monoisotopic (exact) mass is 455 g/mol. The number of benzene rings is 2. The Morgan fingerprint density at radius 1 is 1.12 bits per heavy atom. The van der Waals surface area contributed by atoms with Crippen LogP contribution in [-0.4, -0.2) is 34.8 Å². The molecule has 1 N–H and O–H groups in total. The van der Waals surface area contributed by atoms with Crippen molar-refractivity contribution in [1.29, 1.82) is 0 Å². The van der Waals surface area contributed by atoms with Crippen LogP contribution in [-0.2, 0) is 11.3 Å². The Labute approximate surface area is 189 Å². The number of carbonyl (C=O) groups is 2. The summed E-state index contributed by atoms with van der Waals surface area (Å²) in [5.74, 6) is -1.09. The molecule has 0 radical (unpaired) electrons. The highest BCUT2D eigenvalue weighted by Gasteiger charge is 2.28. The predicted octanol–water partition coefficient (Wildman–Crippen LogP) is 4.57. The quantitative estimate of drug-likeness (QED) is 0.613. The van der Waals surface area contributed by atoms with E-state index in [9.17, 15) is 18.4 Å². The molecule has 0 spiro atoms. The highest BCUT2D eigenvalue weighted by Crippen LogP contribution is 2.29. The maximum Gasteiger partial charge on any atom is 0.265 e. The van der Waals surface area contributed by atoms with Crippen LogP contribution in [0.25, 0.3) is 10.6 Å². The second-order valence-corrected chi connectivity index (χ2v) is 8.91. The number of nitrogens with zero attached hydrogens (tertiary/aromatic N) is 2. The average Bonchev–Trinajstić information content (AvgIpc) is 3.29. The number of carbonyl (C=O) groups excluding carboxylic acids is 2. The van der Waals surface area contributed by atoms with Gasteiger partial charge in [-0.3, -0.25) is 9.59 Å². The fraction of sp³-hybridized carbons (Fsp3) is 0.292. The predicted molar refractivity (Wildman–Crippen MR) is 119 cm³/mol. The van der Waals surface area contributed by atoms with E-state index in [-0.39, 0.29) is 35.9 Å². The lowest BCUT2D eigenvalue weighted by molar-refractivity contribution is -0.126. The van der Waals surface area contributed by atoms with Gasteiger partial charge in [0.25, 0.3) is 5.91 Å². The number of thiazole rings is 1. The molecule has 1 aliphatic heterocycles. The van der Waals surface area contributed by atoms with Crippen LogP contribution in [0.1, 0.15) is 33.6 Å². The molecule has 0 atom stereocenters. The second kappa shape index (κ2) is 9.56. The van der Waals surface area contributed by atoms with Crippen molar-refractivity contribution < 1.29 is 18.4 Å². The molecule has 2 heterocycles. The van der Waals surface area contributed by atoms with Crippen LogP contribution >= 0.6 is 11.3 Å². The maximum atomic E-state index is 14.0. The number of nitrogens with one attached hydrogen (secondary N) is 1. The Bertz CT molecular complexity index is 1140. The SMILES string of the molecule is Cc1ccc(CNC(=O)C2CCN(C(=O)c3cnc(-c4ccccc4F)s3)CC2)cc1F. The molecule has 0 saturated carbocycles. The normalized spacial score (nSPS) is 14.4. The molecule has 2 aromatic carbocycles. The largest absolute Gasteiger partial charge is 0.352 e. The number of aromatic nitrogens is 1. The van der Waals surface area contributed by atoms with Gasteiger partial charge in [0.15, 0.2) is 0 Å². The molecule has 3 aromatic rings. The molecule has 5 nitrogen and oxygen atoms in total. The number of likely N-dealkylation sites (tertiary alicyclic amines) is 1. The number of amides is 2. The number of hydrogen-bond donors (Lipinski definition) is 1. The molecule has 166 valence electrons. The average molecular weight is 456 g/mol. The van der Waals surface area contributed by atoms with Crippen LogP contribution < -0.4 is 5.32 Å². The lowest BCUT2D eigenvalue weighted by Crippen LogP contribution is -2.42. The summed E-state index contributed by atoms with van der Waals surface area (Å²) in [5.41, 5.74) is 1.66. The standard InChI is InChI=1S/C24H23F2N3O2S/c1-15-6-7-16(12-20(15)26)13-27-22(30)17-8-10-29(11-9-17)24(31)21-14-28-23(32-21)18-4-2-3-5-19(18)25/h2-7,12,14,17H,8-11,13H2,1H3,(H,27,30). The summed E-state index contributed by atoms with van der Waals surface area (Å²) in [6.07, 6.45) is 2.59. The molecular formula is C24H23F2N3O2S. The van der Waals surface area contributed by atoms with Gasteiger partial charge in [0.1, 0.15) is 21.5 Å². The smallest absolute Gasteiger partial charge is 0.265 e. The minimum atomic E-state index is -0.374. The first-order valence-corrected chi connectivity index (χ1v) is 11.3. The summed E-state index contributed by atoms with van der Waals surface area (Å²) in [4.78, 5) is 31.7. The van der Waals surface area contributed by atoms with Crippen molar-refractivity contribution in [2.45, 2.75) is 26.3 Å². The zero-order chi connectivity index (χ0) is 22.7. The Morgan fingerprint density at radius 2 is 1.88 bits per heavy atom. The van der Waals surface area contributed by atoms with Crippen molar-refractivity contribution >= 4 is 23.2 Å². The topological polar surface area (TPSA) is 62.3 Å². The molecule has 1 saturated heterocycles. The number of aryl methyl sites for hydroxylation is 1. The zero-order valence-corrected chi connectivity index (χ0v) is 18.4. The van der Waals surface area contributed by atoms with Crippen LogP contribution in [0.5, 0.6) is 0 Å². The number of piperidine rings is 1. The summed E-state index contributed by atoms with van der Waals surface area (Å²) < 4.78 is 27.6. The molecule has 1 aliphatic rings. The van der Waals surface area contributed by atoms with Crippen molar-refractivity contribution in [3.05, 3.63) is 76.3 Å². The van der Waals surface area contributed by atoms with Crippen molar-refractivity contribution in [3.63, 3.8) is 0 Å². The number of hydrogen-bond acceptors (Lipinski definition) is 4. The fourth-order valence-corrected chi connectivity index (χ4v) is 4.62. The molecule has 2 amide bonds. The minimum absolute atomic E-state index is 0.0855. The number of rotatable bonds is 5. The van der Waals surface area contributed by atoms with Gasteiger partial charge in [-0.15, -0.1) is 11.3 Å². The molecule has 1 aromatic heterocycles. The summed E-state index contributed by atoms with van der Waals surface area (Å²) in [5, 5.41) is 3.33. The van der Waals surface area contributed by atoms with E-state index in [2.05, 4.69) is 10.3 Å². The molecule has 0 unspecified atom stereocenters. The molecule has 1 fully saturated rings. The first-order chi connectivity index (χ1) is 15.4. The second-order valence-electron chi connectivity index (χ2n) is 7.88. The molecule has 0 aliphatic carbocycles. The third kappa shape index (κ3) is 4.85. The van der Waals surface area contributed by atoms with Crippen molar-refractivity contribution in [1.82, 2.24) is 15.2 Å². The van der Waals surface area contributed by atoms with E-state index >= 15 is 0 Å². The summed E-state index contributed by atoms with van der Waals surface area (Å²) in [7, 11) is 0. The third-order valence-corrected chi connectivity index (χ3v) is 6.70. The van der Waals surface area contributed by atoms with E-state index in [0.717, 1.165) is 11.3 Å². The molecular weight excluding hydrogens is 432 g/mol. The van der Waals surface area contributed by atoms with E-state index in [1.165, 1.54) is 18.3 Å². The molecule has 32 heavy (non-hydrogen) atoms. The van der Waals surface area contributed by atoms with Gasteiger partial charge in [-0.2, -0.15) is 0 Å². The zero-order valence-electron chi connectivity index (χ0n) is 17.6. The first kappa shape index (κ1) is 22.1. The van der Waals surface area contributed by atoms with E-state index in [0.29, 0.717) is 52.5 Å². The van der Waals surface area contributed by atoms with Gasteiger partial charge in [0.2, 0.25) is 5.91 Å². The van der Waals surface area contributed by atoms with E-state index in [1.807, 2.05) is 0 Å². The van der Waals surface area contributed by atoms with Crippen LogP contribution in [0.4, 0.5) is 8.78 Å². The minimum Gasteiger partial charge on any atom is -0.352 e. The molecule has 0 bridgehead atoms. The van der Waals surface area contributed by atoms with Crippen molar-refractivity contribution in [3.8, 4) is 10.6 Å². The van der Waals surface area contributed by atoms with Gasteiger partial charge < -0.3 is 10.2 Å². The van der Waals surface area contributed by atoms with E-state index in [1.54, 1.807) is 42.2 Å². The number of halogens is 2. The Morgan fingerprint density at radius 3 is 2.59 bits per heavy atom. The van der Waals surface area contributed by atoms with Gasteiger partial charge in [0, 0.05) is 31.1 Å².